The van der Waals surface area contributed by atoms with Crippen LogP contribution in [0.3, 0.4) is 0 Å². The molecular weight excluding hydrogens is 350 g/mol. The molecule has 2 aliphatic heterocycles. The van der Waals surface area contributed by atoms with Gasteiger partial charge < -0.3 is 14.5 Å². The Morgan fingerprint density at radius 2 is 1.89 bits per heavy atom. The van der Waals surface area contributed by atoms with E-state index in [0.29, 0.717) is 6.61 Å². The van der Waals surface area contributed by atoms with Crippen LogP contribution in [-0.4, -0.2) is 48.6 Å². The zero-order valence-electron chi connectivity index (χ0n) is 16.3. The summed E-state index contributed by atoms with van der Waals surface area (Å²) in [5, 5.41) is 0. The fourth-order valence-corrected chi connectivity index (χ4v) is 5.02. The molecule has 5 nitrogen and oxygen atoms in total. The third kappa shape index (κ3) is 2.98. The number of benzene rings is 1. The lowest BCUT2D eigenvalue weighted by Gasteiger charge is -2.42. The van der Waals surface area contributed by atoms with Crippen molar-refractivity contribution in [2.24, 2.45) is 0 Å². The minimum Gasteiger partial charge on any atom is -0.367 e. The summed E-state index contributed by atoms with van der Waals surface area (Å²) in [6.07, 6.45) is 7.25. The lowest BCUT2D eigenvalue weighted by atomic mass is 9.93. The van der Waals surface area contributed by atoms with Crippen LogP contribution in [0.2, 0.25) is 0 Å². The van der Waals surface area contributed by atoms with Gasteiger partial charge in [0.15, 0.2) is 0 Å². The first-order chi connectivity index (χ1) is 13.8. The summed E-state index contributed by atoms with van der Waals surface area (Å²) in [6.45, 7) is 3.88. The number of carbonyl (C=O) groups excluding carboxylic acids is 1. The molecule has 3 heterocycles. The monoisotopic (exact) mass is 377 g/mol. The van der Waals surface area contributed by atoms with E-state index in [-0.39, 0.29) is 11.5 Å². The molecule has 5 heteroatoms. The molecule has 0 bridgehead atoms. The second-order valence-electron chi connectivity index (χ2n) is 8.15. The Balaban J connectivity index is 1.45. The van der Waals surface area contributed by atoms with Crippen molar-refractivity contribution in [3.63, 3.8) is 0 Å². The van der Waals surface area contributed by atoms with Crippen LogP contribution in [0.5, 0.6) is 0 Å². The molecule has 2 saturated heterocycles. The first kappa shape index (κ1) is 17.7. The van der Waals surface area contributed by atoms with E-state index in [1.165, 1.54) is 17.5 Å². The molecule has 0 N–H and O–H groups in total. The van der Waals surface area contributed by atoms with E-state index >= 15 is 0 Å². The zero-order chi connectivity index (χ0) is 19.0. The Labute approximate surface area is 166 Å². The summed E-state index contributed by atoms with van der Waals surface area (Å²) in [7, 11) is 0. The molecule has 1 aromatic carbocycles. The molecule has 1 aromatic heterocycles. The van der Waals surface area contributed by atoms with E-state index in [2.05, 4.69) is 34.1 Å². The normalized spacial score (nSPS) is 24.4. The number of nitrogens with zero attached hydrogens (tertiary/aromatic N) is 3. The number of carbonyl (C=O) groups is 1. The number of hydrogen-bond donors (Lipinski definition) is 0. The number of aryl methyl sites for hydroxylation is 1. The highest BCUT2D eigenvalue weighted by molar-refractivity contribution is 5.99. The van der Waals surface area contributed by atoms with Crippen molar-refractivity contribution in [3.8, 4) is 0 Å². The number of pyridine rings is 1. The van der Waals surface area contributed by atoms with Crippen LogP contribution in [0.4, 0.5) is 5.82 Å². The molecule has 1 unspecified atom stereocenters. The molecule has 5 rings (SSSR count). The predicted octanol–water partition coefficient (Wildman–Crippen LogP) is 3.39. The Morgan fingerprint density at radius 3 is 2.79 bits per heavy atom. The van der Waals surface area contributed by atoms with E-state index in [1.807, 2.05) is 17.0 Å². The van der Waals surface area contributed by atoms with Gasteiger partial charge in [0.25, 0.3) is 5.91 Å². The van der Waals surface area contributed by atoms with Crippen LogP contribution >= 0.6 is 0 Å². The first-order valence-electron chi connectivity index (χ1n) is 10.5. The largest absolute Gasteiger partial charge is 0.367 e. The SMILES string of the molecule is O=C(c1cccnc1N1CCOC2(CCc3ccccc32)C1)N1CCCCC1. The minimum atomic E-state index is -0.280. The molecule has 2 fully saturated rings. The van der Waals surface area contributed by atoms with Crippen molar-refractivity contribution in [2.45, 2.75) is 37.7 Å². The van der Waals surface area contributed by atoms with Gasteiger partial charge in [-0.3, -0.25) is 4.79 Å². The van der Waals surface area contributed by atoms with Crippen LogP contribution < -0.4 is 4.90 Å². The van der Waals surface area contributed by atoms with Gasteiger partial charge in [-0.15, -0.1) is 0 Å². The van der Waals surface area contributed by atoms with Crippen LogP contribution in [0.25, 0.3) is 0 Å². The average Bonchev–Trinajstić information content (AvgIpc) is 3.12. The number of fused-ring (bicyclic) bond motifs is 2. The standard InChI is InChI=1S/C23H27N3O2/c27-22(25-13-4-1-5-14-25)19-8-6-12-24-21(19)26-15-16-28-23(17-26)11-10-18-7-2-3-9-20(18)23/h2-3,6-9,12H,1,4-5,10-11,13-17H2. The average molecular weight is 377 g/mol. The summed E-state index contributed by atoms with van der Waals surface area (Å²) in [4.78, 5) is 22.1. The van der Waals surface area contributed by atoms with E-state index in [0.717, 1.165) is 63.2 Å². The molecule has 2 aromatic rings. The minimum absolute atomic E-state index is 0.121. The number of amides is 1. The summed E-state index contributed by atoms with van der Waals surface area (Å²) >= 11 is 0. The lowest BCUT2D eigenvalue weighted by molar-refractivity contribution is -0.0594. The van der Waals surface area contributed by atoms with Gasteiger partial charge in [0, 0.05) is 25.8 Å². The fourth-order valence-electron chi connectivity index (χ4n) is 5.02. The van der Waals surface area contributed by atoms with Crippen LogP contribution in [-0.2, 0) is 16.8 Å². The van der Waals surface area contributed by atoms with Gasteiger partial charge in [-0.1, -0.05) is 24.3 Å². The van der Waals surface area contributed by atoms with Gasteiger partial charge in [-0.05, 0) is 55.4 Å². The maximum absolute atomic E-state index is 13.2. The first-order valence-corrected chi connectivity index (χ1v) is 10.5. The molecule has 1 aliphatic carbocycles. The van der Waals surface area contributed by atoms with Gasteiger partial charge in [0.05, 0.1) is 18.7 Å². The molecule has 0 radical (unpaired) electrons. The maximum atomic E-state index is 13.2. The van der Waals surface area contributed by atoms with Gasteiger partial charge >= 0.3 is 0 Å². The van der Waals surface area contributed by atoms with Gasteiger partial charge in [-0.2, -0.15) is 0 Å². The molecular formula is C23H27N3O2. The number of morpholine rings is 1. The quantitative estimate of drug-likeness (QED) is 0.805. The van der Waals surface area contributed by atoms with Crippen LogP contribution in [0.1, 0.15) is 47.2 Å². The number of anilines is 1. The molecule has 1 atom stereocenters. The number of rotatable bonds is 2. The number of hydrogen-bond acceptors (Lipinski definition) is 4. The highest BCUT2D eigenvalue weighted by Crippen LogP contribution is 2.43. The number of aromatic nitrogens is 1. The molecule has 1 spiro atoms. The predicted molar refractivity (Wildman–Crippen MR) is 109 cm³/mol. The van der Waals surface area contributed by atoms with Crippen molar-refractivity contribution in [1.82, 2.24) is 9.88 Å². The second-order valence-corrected chi connectivity index (χ2v) is 8.15. The molecule has 146 valence electrons. The third-order valence-electron chi connectivity index (χ3n) is 6.45. The number of piperidine rings is 1. The van der Waals surface area contributed by atoms with E-state index in [9.17, 15) is 4.79 Å². The van der Waals surface area contributed by atoms with Crippen molar-refractivity contribution in [3.05, 3.63) is 59.3 Å². The maximum Gasteiger partial charge on any atom is 0.257 e. The van der Waals surface area contributed by atoms with E-state index < -0.39 is 0 Å². The Hall–Kier alpha value is -2.40. The van der Waals surface area contributed by atoms with Gasteiger partial charge in [0.2, 0.25) is 0 Å². The Morgan fingerprint density at radius 1 is 1.04 bits per heavy atom. The van der Waals surface area contributed by atoms with E-state index in [1.54, 1.807) is 6.20 Å². The highest BCUT2D eigenvalue weighted by atomic mass is 16.5. The summed E-state index contributed by atoms with van der Waals surface area (Å²) in [5.41, 5.74) is 3.14. The zero-order valence-corrected chi connectivity index (χ0v) is 16.3. The second kappa shape index (κ2) is 7.21. The fraction of sp³-hybridized carbons (Fsp3) is 0.478. The molecule has 0 saturated carbocycles. The Bertz CT molecular complexity index is 874. The molecule has 3 aliphatic rings. The lowest BCUT2D eigenvalue weighted by Crippen LogP contribution is -2.50. The van der Waals surface area contributed by atoms with Gasteiger partial charge in [-0.25, -0.2) is 4.98 Å². The van der Waals surface area contributed by atoms with Crippen LogP contribution in [0, 0.1) is 0 Å². The topological polar surface area (TPSA) is 45.7 Å². The molecule has 1 amide bonds. The number of ether oxygens (including phenoxy) is 1. The molecule has 28 heavy (non-hydrogen) atoms. The highest BCUT2D eigenvalue weighted by Gasteiger charge is 2.44. The third-order valence-corrected chi connectivity index (χ3v) is 6.45. The van der Waals surface area contributed by atoms with Crippen LogP contribution in [0.15, 0.2) is 42.6 Å². The van der Waals surface area contributed by atoms with Crippen molar-refractivity contribution in [1.29, 1.82) is 0 Å². The number of likely N-dealkylation sites (tertiary alicyclic amines) is 1. The van der Waals surface area contributed by atoms with Crippen molar-refractivity contribution >= 4 is 11.7 Å². The van der Waals surface area contributed by atoms with Crippen molar-refractivity contribution < 1.29 is 9.53 Å². The Kier molecular flexibility index (Phi) is 4.55. The smallest absolute Gasteiger partial charge is 0.257 e. The summed E-state index contributed by atoms with van der Waals surface area (Å²) in [6, 6.07) is 12.4. The summed E-state index contributed by atoms with van der Waals surface area (Å²) < 4.78 is 6.36. The van der Waals surface area contributed by atoms with Gasteiger partial charge in [0.1, 0.15) is 11.4 Å². The van der Waals surface area contributed by atoms with E-state index in [4.69, 9.17) is 4.74 Å². The summed E-state index contributed by atoms with van der Waals surface area (Å²) in [5.74, 6) is 0.931. The van der Waals surface area contributed by atoms with Crippen molar-refractivity contribution in [2.75, 3.05) is 37.7 Å².